The molecule has 3 aromatic rings. The molecule has 0 unspecified atom stereocenters. The monoisotopic (exact) mass is 488 g/mol. The summed E-state index contributed by atoms with van der Waals surface area (Å²) in [5.74, 6) is -1.17. The fourth-order valence-corrected chi connectivity index (χ4v) is 4.62. The van der Waals surface area contributed by atoms with Crippen molar-refractivity contribution in [3.05, 3.63) is 98.8 Å². The van der Waals surface area contributed by atoms with Crippen LogP contribution in [-0.4, -0.2) is 37.9 Å². The maximum absolute atomic E-state index is 13.0. The maximum atomic E-state index is 13.0. The van der Waals surface area contributed by atoms with Crippen molar-refractivity contribution in [1.82, 2.24) is 14.3 Å². The SMILES string of the molecule is CC(/C=C1\SC(=O)N(CC(=O)Nc2c(C)n(C)n(-c3ccccc3)c2=O)C1=O)=C\c1ccccc1. The Hall–Kier alpha value is -4.11. The van der Waals surface area contributed by atoms with E-state index in [0.717, 1.165) is 27.8 Å². The molecule has 1 fully saturated rings. The fourth-order valence-electron chi connectivity index (χ4n) is 3.73. The van der Waals surface area contributed by atoms with Gasteiger partial charge in [0.25, 0.3) is 16.7 Å². The third kappa shape index (κ3) is 5.04. The highest BCUT2D eigenvalue weighted by atomic mass is 32.2. The molecule has 9 heteroatoms. The van der Waals surface area contributed by atoms with Crippen molar-refractivity contribution in [3.63, 3.8) is 0 Å². The van der Waals surface area contributed by atoms with Gasteiger partial charge in [0.2, 0.25) is 5.91 Å². The predicted octanol–water partition coefficient (Wildman–Crippen LogP) is 4.11. The molecule has 0 bridgehead atoms. The van der Waals surface area contributed by atoms with Gasteiger partial charge >= 0.3 is 0 Å². The van der Waals surface area contributed by atoms with Crippen LogP contribution in [0.25, 0.3) is 11.8 Å². The summed E-state index contributed by atoms with van der Waals surface area (Å²) in [5, 5.41) is 2.05. The first kappa shape index (κ1) is 24.0. The number of imide groups is 1. The number of amides is 3. The second-order valence-electron chi connectivity index (χ2n) is 8.05. The number of allylic oxidation sites excluding steroid dienone is 2. The van der Waals surface area contributed by atoms with E-state index >= 15 is 0 Å². The van der Waals surface area contributed by atoms with E-state index in [9.17, 15) is 19.2 Å². The summed E-state index contributed by atoms with van der Waals surface area (Å²) < 4.78 is 3.08. The van der Waals surface area contributed by atoms with Crippen LogP contribution in [0.5, 0.6) is 0 Å². The van der Waals surface area contributed by atoms with E-state index in [1.807, 2.05) is 61.5 Å². The molecule has 2 heterocycles. The molecule has 1 aromatic heterocycles. The van der Waals surface area contributed by atoms with Crippen molar-refractivity contribution in [1.29, 1.82) is 0 Å². The minimum absolute atomic E-state index is 0.102. The summed E-state index contributed by atoms with van der Waals surface area (Å²) >= 11 is 0.787. The van der Waals surface area contributed by atoms with Crippen molar-refractivity contribution in [2.45, 2.75) is 13.8 Å². The van der Waals surface area contributed by atoms with Crippen LogP contribution < -0.4 is 10.9 Å². The van der Waals surface area contributed by atoms with Gasteiger partial charge in [-0.15, -0.1) is 0 Å². The molecule has 0 aliphatic carbocycles. The van der Waals surface area contributed by atoms with Gasteiger partial charge in [-0.3, -0.25) is 28.8 Å². The molecule has 4 rings (SSSR count). The molecule has 8 nitrogen and oxygen atoms in total. The molecule has 1 aliphatic rings. The van der Waals surface area contributed by atoms with Gasteiger partial charge in [0.15, 0.2) is 0 Å². The number of nitrogens with zero attached hydrogens (tertiary/aromatic N) is 3. The zero-order valence-electron chi connectivity index (χ0n) is 19.5. The Kier molecular flexibility index (Phi) is 6.88. The average Bonchev–Trinajstić information content (AvgIpc) is 3.21. The van der Waals surface area contributed by atoms with Crippen LogP contribution in [-0.2, 0) is 16.6 Å². The van der Waals surface area contributed by atoms with Crippen molar-refractivity contribution in [3.8, 4) is 5.69 Å². The zero-order chi connectivity index (χ0) is 25.1. The number of hydrogen-bond donors (Lipinski definition) is 1. The molecule has 35 heavy (non-hydrogen) atoms. The molecule has 0 radical (unpaired) electrons. The number of thioether (sulfide) groups is 1. The van der Waals surface area contributed by atoms with Crippen molar-refractivity contribution in [2.24, 2.45) is 7.05 Å². The van der Waals surface area contributed by atoms with Crippen molar-refractivity contribution in [2.75, 3.05) is 11.9 Å². The second kappa shape index (κ2) is 10.0. The highest BCUT2D eigenvalue weighted by molar-refractivity contribution is 8.18. The number of aromatic nitrogens is 2. The minimum Gasteiger partial charge on any atom is -0.318 e. The number of para-hydroxylation sites is 1. The number of anilines is 1. The van der Waals surface area contributed by atoms with E-state index in [4.69, 9.17) is 0 Å². The lowest BCUT2D eigenvalue weighted by Crippen LogP contribution is -2.37. The first-order chi connectivity index (χ1) is 16.8. The molecule has 1 saturated heterocycles. The second-order valence-corrected chi connectivity index (χ2v) is 9.04. The first-order valence-electron chi connectivity index (χ1n) is 10.9. The average molecular weight is 489 g/mol. The van der Waals surface area contributed by atoms with Gasteiger partial charge in [-0.25, -0.2) is 4.68 Å². The number of hydrogen-bond acceptors (Lipinski definition) is 5. The van der Waals surface area contributed by atoms with E-state index in [0.29, 0.717) is 11.4 Å². The molecular formula is C26H24N4O4S. The van der Waals surface area contributed by atoms with Crippen molar-refractivity contribution < 1.29 is 14.4 Å². The summed E-state index contributed by atoms with van der Waals surface area (Å²) in [6, 6.07) is 18.6. The number of nitrogens with one attached hydrogen (secondary N) is 1. The molecule has 1 aliphatic heterocycles. The lowest BCUT2D eigenvalue weighted by molar-refractivity contribution is -0.127. The van der Waals surface area contributed by atoms with E-state index in [1.165, 1.54) is 4.68 Å². The van der Waals surface area contributed by atoms with Gasteiger partial charge < -0.3 is 5.32 Å². The van der Waals surface area contributed by atoms with Crippen LogP contribution in [0, 0.1) is 6.92 Å². The molecule has 0 saturated carbocycles. The van der Waals surface area contributed by atoms with Crippen LogP contribution in [0.3, 0.4) is 0 Å². The van der Waals surface area contributed by atoms with Gasteiger partial charge in [0.05, 0.1) is 16.3 Å². The topological polar surface area (TPSA) is 93.4 Å². The number of carbonyl (C=O) groups is 3. The van der Waals surface area contributed by atoms with Crippen LogP contribution in [0.2, 0.25) is 0 Å². The summed E-state index contributed by atoms with van der Waals surface area (Å²) in [6.45, 7) is 3.06. The molecule has 178 valence electrons. The predicted molar refractivity (Wildman–Crippen MR) is 137 cm³/mol. The van der Waals surface area contributed by atoms with Gasteiger partial charge in [-0.1, -0.05) is 54.6 Å². The van der Waals surface area contributed by atoms with E-state index in [1.54, 1.807) is 36.9 Å². The lowest BCUT2D eigenvalue weighted by Gasteiger charge is -2.12. The first-order valence-corrected chi connectivity index (χ1v) is 11.7. The van der Waals surface area contributed by atoms with E-state index in [2.05, 4.69) is 5.32 Å². The van der Waals surface area contributed by atoms with Crippen LogP contribution in [0.15, 0.2) is 82.0 Å². The lowest BCUT2D eigenvalue weighted by atomic mass is 10.1. The Morgan fingerprint density at radius 2 is 1.63 bits per heavy atom. The molecule has 2 aromatic carbocycles. The zero-order valence-corrected chi connectivity index (χ0v) is 20.3. The summed E-state index contributed by atoms with van der Waals surface area (Å²) in [5.41, 5.74) is 2.67. The van der Waals surface area contributed by atoms with Gasteiger partial charge in [0, 0.05) is 7.05 Å². The molecule has 1 N–H and O–H groups in total. The summed E-state index contributed by atoms with van der Waals surface area (Å²) in [4.78, 5) is 52.1. The highest BCUT2D eigenvalue weighted by Gasteiger charge is 2.36. The third-order valence-electron chi connectivity index (χ3n) is 5.55. The molecule has 3 amide bonds. The Morgan fingerprint density at radius 1 is 1.00 bits per heavy atom. The summed E-state index contributed by atoms with van der Waals surface area (Å²) in [7, 11) is 1.71. The van der Waals surface area contributed by atoms with Gasteiger partial charge in [-0.05, 0) is 55.0 Å². The molecule has 0 atom stereocenters. The maximum Gasteiger partial charge on any atom is 0.295 e. The molecular weight excluding hydrogens is 464 g/mol. The minimum atomic E-state index is -0.629. The Labute approximate surface area is 206 Å². The number of rotatable bonds is 6. The van der Waals surface area contributed by atoms with Gasteiger partial charge in [0.1, 0.15) is 12.2 Å². The Bertz CT molecular complexity index is 1420. The number of carbonyl (C=O) groups excluding carboxylic acids is 3. The normalized spacial score (nSPS) is 15.2. The van der Waals surface area contributed by atoms with Gasteiger partial charge in [-0.2, -0.15) is 0 Å². The Balaban J connectivity index is 1.49. The quantitative estimate of drug-likeness (QED) is 0.527. The third-order valence-corrected chi connectivity index (χ3v) is 6.45. The van der Waals surface area contributed by atoms with E-state index in [-0.39, 0.29) is 10.6 Å². The smallest absolute Gasteiger partial charge is 0.295 e. The van der Waals surface area contributed by atoms with Crippen LogP contribution >= 0.6 is 11.8 Å². The summed E-state index contributed by atoms with van der Waals surface area (Å²) in [6.07, 6.45) is 3.53. The largest absolute Gasteiger partial charge is 0.318 e. The fraction of sp³-hybridized carbons (Fsp3) is 0.154. The van der Waals surface area contributed by atoms with E-state index < -0.39 is 29.2 Å². The van der Waals surface area contributed by atoms with Crippen LogP contribution in [0.1, 0.15) is 18.2 Å². The molecule has 0 spiro atoms. The highest BCUT2D eigenvalue weighted by Crippen LogP contribution is 2.31. The van der Waals surface area contributed by atoms with Crippen LogP contribution in [0.4, 0.5) is 10.5 Å². The van der Waals surface area contributed by atoms with Crippen molar-refractivity contribution >= 4 is 40.6 Å². The standard InChI is InChI=1S/C26H24N4O4S/c1-17(14-19-10-6-4-7-11-19)15-21-24(32)29(26(34)35-21)16-22(31)27-23-18(2)28(3)30(25(23)33)20-12-8-5-9-13-20/h4-15H,16H2,1-3H3,(H,27,31)/b17-14+,21-15-. The Morgan fingerprint density at radius 3 is 2.29 bits per heavy atom. The number of benzene rings is 2.